The van der Waals surface area contributed by atoms with Gasteiger partial charge >= 0.3 is 5.97 Å². The maximum Gasteiger partial charge on any atom is 0.305 e. The molecule has 1 heterocycles. The van der Waals surface area contributed by atoms with Crippen LogP contribution in [0.1, 0.15) is 19.3 Å². The third-order valence-corrected chi connectivity index (χ3v) is 2.95. The van der Waals surface area contributed by atoms with E-state index in [1.54, 1.807) is 12.1 Å². The zero-order valence-electron chi connectivity index (χ0n) is 9.67. The van der Waals surface area contributed by atoms with Crippen LogP contribution in [0.3, 0.4) is 0 Å². The second-order valence-corrected chi connectivity index (χ2v) is 4.68. The summed E-state index contributed by atoms with van der Waals surface area (Å²) in [7, 11) is 0. The molecular formula is C12H13ClN2O3. The van der Waals surface area contributed by atoms with Crippen molar-refractivity contribution in [3.8, 4) is 0 Å². The molecule has 0 aromatic carbocycles. The summed E-state index contributed by atoms with van der Waals surface area (Å²) in [5, 5.41) is 9.19. The number of anilines is 1. The van der Waals surface area contributed by atoms with Gasteiger partial charge in [-0.15, -0.1) is 0 Å². The van der Waals surface area contributed by atoms with Gasteiger partial charge in [-0.1, -0.05) is 11.6 Å². The molecule has 1 aromatic rings. The van der Waals surface area contributed by atoms with Gasteiger partial charge in [-0.05, 0) is 25.0 Å². The van der Waals surface area contributed by atoms with E-state index < -0.39 is 5.97 Å². The molecule has 18 heavy (non-hydrogen) atoms. The summed E-state index contributed by atoms with van der Waals surface area (Å²) >= 11 is 5.74. The average Bonchev–Trinajstić information content (AvgIpc) is 3.15. The van der Waals surface area contributed by atoms with Crippen molar-refractivity contribution in [2.75, 3.05) is 11.4 Å². The van der Waals surface area contributed by atoms with Crippen molar-refractivity contribution in [3.63, 3.8) is 0 Å². The molecule has 0 aliphatic heterocycles. The normalized spacial score (nSPS) is 14.3. The van der Waals surface area contributed by atoms with Gasteiger partial charge in [0.2, 0.25) is 5.91 Å². The number of carboxylic acid groups (broad SMARTS) is 1. The lowest BCUT2D eigenvalue weighted by atomic mass is 10.3. The number of aromatic nitrogens is 1. The molecule has 1 aliphatic carbocycles. The Kier molecular flexibility index (Phi) is 3.81. The first-order valence-corrected chi connectivity index (χ1v) is 6.10. The van der Waals surface area contributed by atoms with Crippen molar-refractivity contribution in [2.45, 2.75) is 19.3 Å². The van der Waals surface area contributed by atoms with Crippen LogP contribution in [0.2, 0.25) is 5.02 Å². The Bertz CT molecular complexity index is 457. The molecule has 0 unspecified atom stereocenters. The van der Waals surface area contributed by atoms with Crippen LogP contribution in [0.25, 0.3) is 0 Å². The van der Waals surface area contributed by atoms with E-state index in [9.17, 15) is 9.59 Å². The van der Waals surface area contributed by atoms with Gasteiger partial charge < -0.3 is 5.11 Å². The third-order valence-electron chi connectivity index (χ3n) is 2.73. The van der Waals surface area contributed by atoms with Crippen molar-refractivity contribution in [3.05, 3.63) is 23.4 Å². The first-order valence-electron chi connectivity index (χ1n) is 5.72. The van der Waals surface area contributed by atoms with E-state index in [4.69, 9.17) is 16.7 Å². The molecule has 0 bridgehead atoms. The first kappa shape index (κ1) is 12.8. The number of carbonyl (C=O) groups excluding carboxylic acids is 1. The van der Waals surface area contributed by atoms with E-state index in [0.29, 0.717) is 10.8 Å². The van der Waals surface area contributed by atoms with Crippen molar-refractivity contribution in [1.29, 1.82) is 0 Å². The van der Waals surface area contributed by atoms with E-state index in [1.165, 1.54) is 11.1 Å². The molecule has 1 amide bonds. The van der Waals surface area contributed by atoms with Crippen LogP contribution in [-0.2, 0) is 9.59 Å². The predicted octanol–water partition coefficient (Wildman–Crippen LogP) is 1.95. The third kappa shape index (κ3) is 3.20. The molecule has 2 rings (SSSR count). The molecule has 1 N–H and O–H groups in total. The highest BCUT2D eigenvalue weighted by molar-refractivity contribution is 6.30. The maximum atomic E-state index is 12.1. The number of hydrogen-bond acceptors (Lipinski definition) is 3. The Hall–Kier alpha value is -1.62. The van der Waals surface area contributed by atoms with Crippen LogP contribution in [0.15, 0.2) is 18.3 Å². The summed E-state index contributed by atoms with van der Waals surface area (Å²) in [5.74, 6) is -0.502. The number of carboxylic acids is 1. The van der Waals surface area contributed by atoms with Crippen molar-refractivity contribution in [1.82, 2.24) is 4.98 Å². The number of carbonyl (C=O) groups is 2. The van der Waals surface area contributed by atoms with E-state index in [2.05, 4.69) is 4.98 Å². The topological polar surface area (TPSA) is 70.5 Å². The molecule has 1 aromatic heterocycles. The molecule has 6 heteroatoms. The number of hydrogen-bond donors (Lipinski definition) is 1. The fourth-order valence-corrected chi connectivity index (χ4v) is 1.74. The molecule has 0 saturated heterocycles. The molecule has 0 radical (unpaired) electrons. The Morgan fingerprint density at radius 2 is 2.17 bits per heavy atom. The highest BCUT2D eigenvalue weighted by atomic mass is 35.5. The molecule has 96 valence electrons. The average molecular weight is 269 g/mol. The maximum absolute atomic E-state index is 12.1. The van der Waals surface area contributed by atoms with Crippen LogP contribution >= 0.6 is 11.6 Å². The van der Waals surface area contributed by atoms with E-state index in [0.717, 1.165) is 12.8 Å². The summed E-state index contributed by atoms with van der Waals surface area (Å²) in [6.45, 7) is 0.138. The number of pyridine rings is 1. The van der Waals surface area contributed by atoms with E-state index in [1.807, 2.05) is 0 Å². The largest absolute Gasteiger partial charge is 0.481 e. The van der Waals surface area contributed by atoms with E-state index >= 15 is 0 Å². The smallest absolute Gasteiger partial charge is 0.305 e. The van der Waals surface area contributed by atoms with Gasteiger partial charge in [0.1, 0.15) is 5.82 Å². The Morgan fingerprint density at radius 1 is 1.44 bits per heavy atom. The SMILES string of the molecule is O=C(O)CCN(C(=O)C1CC1)c1ccc(Cl)cn1. The highest BCUT2D eigenvalue weighted by Crippen LogP contribution is 2.32. The first-order chi connectivity index (χ1) is 8.58. The zero-order chi connectivity index (χ0) is 13.1. The van der Waals surface area contributed by atoms with Gasteiger partial charge in [0.05, 0.1) is 11.4 Å². The lowest BCUT2D eigenvalue weighted by Gasteiger charge is -2.20. The summed E-state index contributed by atoms with van der Waals surface area (Å²) in [6, 6.07) is 3.27. The summed E-state index contributed by atoms with van der Waals surface area (Å²) < 4.78 is 0. The van der Waals surface area contributed by atoms with E-state index in [-0.39, 0.29) is 24.8 Å². The fourth-order valence-electron chi connectivity index (χ4n) is 1.62. The Labute approximate surface area is 109 Å². The molecule has 0 atom stereocenters. The van der Waals surface area contributed by atoms with Crippen molar-refractivity contribution >= 4 is 29.3 Å². The van der Waals surface area contributed by atoms with Gasteiger partial charge in [0, 0.05) is 18.7 Å². The van der Waals surface area contributed by atoms with Gasteiger partial charge in [0.25, 0.3) is 0 Å². The number of rotatable bonds is 5. The molecule has 1 aliphatic rings. The Balaban J connectivity index is 2.14. The minimum atomic E-state index is -0.933. The van der Waals surface area contributed by atoms with Crippen LogP contribution in [0, 0.1) is 5.92 Å². The number of aliphatic carboxylic acids is 1. The quantitative estimate of drug-likeness (QED) is 0.886. The van der Waals surface area contributed by atoms with Gasteiger partial charge in [-0.25, -0.2) is 4.98 Å². The van der Waals surface area contributed by atoms with Crippen LogP contribution < -0.4 is 4.90 Å². The predicted molar refractivity (Wildman–Crippen MR) is 66.6 cm³/mol. The molecular weight excluding hydrogens is 256 g/mol. The Morgan fingerprint density at radius 3 is 2.67 bits per heavy atom. The number of amides is 1. The van der Waals surface area contributed by atoms with Gasteiger partial charge in [0.15, 0.2) is 0 Å². The number of nitrogens with zero attached hydrogens (tertiary/aromatic N) is 2. The van der Waals surface area contributed by atoms with Crippen molar-refractivity contribution < 1.29 is 14.7 Å². The molecule has 1 saturated carbocycles. The zero-order valence-corrected chi connectivity index (χ0v) is 10.4. The summed E-state index contributed by atoms with van der Waals surface area (Å²) in [5.41, 5.74) is 0. The monoisotopic (exact) mass is 268 g/mol. The minimum absolute atomic E-state index is 0.0243. The summed E-state index contributed by atoms with van der Waals surface area (Å²) in [4.78, 5) is 28.2. The van der Waals surface area contributed by atoms with Crippen LogP contribution in [0.5, 0.6) is 0 Å². The second kappa shape index (κ2) is 5.35. The number of halogens is 1. The van der Waals surface area contributed by atoms with Crippen molar-refractivity contribution in [2.24, 2.45) is 5.92 Å². The molecule has 5 nitrogen and oxygen atoms in total. The molecule has 0 spiro atoms. The highest BCUT2D eigenvalue weighted by Gasteiger charge is 2.34. The molecule has 1 fully saturated rings. The lowest BCUT2D eigenvalue weighted by molar-refractivity contribution is -0.136. The minimum Gasteiger partial charge on any atom is -0.481 e. The standard InChI is InChI=1S/C12H13ClN2O3/c13-9-3-4-10(14-7-9)15(6-5-11(16)17)12(18)8-1-2-8/h3-4,7-8H,1-2,5-6H2,(H,16,17). The summed E-state index contributed by atoms with van der Waals surface area (Å²) in [6.07, 6.45) is 3.10. The van der Waals surface area contributed by atoms with Gasteiger partial charge in [-0.3, -0.25) is 14.5 Å². The van der Waals surface area contributed by atoms with Crippen LogP contribution in [0.4, 0.5) is 5.82 Å². The second-order valence-electron chi connectivity index (χ2n) is 4.24. The fraction of sp³-hybridized carbons (Fsp3) is 0.417. The van der Waals surface area contributed by atoms with Crippen LogP contribution in [-0.4, -0.2) is 28.5 Å². The van der Waals surface area contributed by atoms with Gasteiger partial charge in [-0.2, -0.15) is 0 Å². The lowest BCUT2D eigenvalue weighted by Crippen LogP contribution is -2.34.